The second-order valence-electron chi connectivity index (χ2n) is 6.47. The minimum Gasteiger partial charge on any atom is -0.481 e. The van der Waals surface area contributed by atoms with Crippen LogP contribution in [0.4, 0.5) is 0 Å². The average molecular weight is 387 g/mol. The number of aliphatic hydroxyl groups is 1. The molecule has 0 fully saturated rings. The van der Waals surface area contributed by atoms with Gasteiger partial charge < -0.3 is 10.2 Å². The number of nitrogens with one attached hydrogen (secondary N) is 2. The van der Waals surface area contributed by atoms with E-state index in [4.69, 9.17) is 25.5 Å². The molecule has 0 aromatic carbocycles. The summed E-state index contributed by atoms with van der Waals surface area (Å²) in [4.78, 5) is 27.0. The van der Waals surface area contributed by atoms with Crippen LogP contribution in [0.15, 0.2) is 0 Å². The van der Waals surface area contributed by atoms with Crippen molar-refractivity contribution in [3.8, 4) is 0 Å². The van der Waals surface area contributed by atoms with Gasteiger partial charge in [-0.3, -0.25) is 4.79 Å². The maximum Gasteiger partial charge on any atom is 0.303 e. The van der Waals surface area contributed by atoms with Gasteiger partial charge in [0.2, 0.25) is 12.2 Å². The quantitative estimate of drug-likeness (QED) is 0.166. The standard InChI is InChI=1S/C18H36O3.2CHNO/c1-2-3-4-11-14-17(19)15-12-9-7-5-6-8-10-13-16-18(20)21;2*2-1-3/h17,19H,2-16H2,1H3,(H,20,21);2*2H. The first-order chi connectivity index (χ1) is 13.0. The van der Waals surface area contributed by atoms with Crippen LogP contribution in [0, 0.1) is 10.8 Å². The second-order valence-corrected chi connectivity index (χ2v) is 6.47. The van der Waals surface area contributed by atoms with Gasteiger partial charge in [-0.1, -0.05) is 77.6 Å². The molecule has 0 bridgehead atoms. The molecule has 27 heavy (non-hydrogen) atoms. The number of isocyanates is 2. The van der Waals surface area contributed by atoms with Crippen LogP contribution >= 0.6 is 0 Å². The molecule has 0 aromatic rings. The SMILES string of the molecule is CCCCCCC(O)CCCCCCCCCCC(=O)O.N=C=O.N=C=O. The molecule has 0 amide bonds. The number of aliphatic carboxylic acids is 1. The summed E-state index contributed by atoms with van der Waals surface area (Å²) >= 11 is 0. The number of aliphatic hydroxyl groups excluding tert-OH is 1. The maximum atomic E-state index is 10.3. The summed E-state index contributed by atoms with van der Waals surface area (Å²) < 4.78 is 0. The molecule has 0 saturated carbocycles. The zero-order valence-corrected chi connectivity index (χ0v) is 16.8. The largest absolute Gasteiger partial charge is 0.481 e. The van der Waals surface area contributed by atoms with Crippen LogP contribution in [-0.4, -0.2) is 34.4 Å². The lowest BCUT2D eigenvalue weighted by Crippen LogP contribution is -2.05. The lowest BCUT2D eigenvalue weighted by Gasteiger charge is -2.10. The molecule has 0 aliphatic carbocycles. The van der Waals surface area contributed by atoms with Gasteiger partial charge in [0.1, 0.15) is 0 Å². The summed E-state index contributed by atoms with van der Waals surface area (Å²) in [7, 11) is 0. The third kappa shape index (κ3) is 40.3. The Morgan fingerprint density at radius 3 is 1.48 bits per heavy atom. The van der Waals surface area contributed by atoms with Crippen molar-refractivity contribution in [1.29, 1.82) is 10.8 Å². The molecule has 0 aliphatic rings. The number of carboxylic acid groups (broad SMARTS) is 1. The molecule has 7 nitrogen and oxygen atoms in total. The van der Waals surface area contributed by atoms with E-state index in [0.717, 1.165) is 50.7 Å². The fraction of sp³-hybridized carbons (Fsp3) is 0.850. The van der Waals surface area contributed by atoms with Crippen LogP contribution in [0.2, 0.25) is 0 Å². The molecule has 0 heterocycles. The van der Waals surface area contributed by atoms with Gasteiger partial charge in [0.25, 0.3) is 0 Å². The second kappa shape index (κ2) is 29.0. The maximum absolute atomic E-state index is 10.3. The van der Waals surface area contributed by atoms with E-state index in [1.54, 1.807) is 0 Å². The van der Waals surface area contributed by atoms with Crippen molar-refractivity contribution in [3.63, 3.8) is 0 Å². The van der Waals surface area contributed by atoms with Crippen LogP contribution in [0.1, 0.15) is 103 Å². The Labute approximate surface area is 163 Å². The summed E-state index contributed by atoms with van der Waals surface area (Å²) in [5, 5.41) is 29.2. The van der Waals surface area contributed by atoms with Crippen molar-refractivity contribution in [2.24, 2.45) is 0 Å². The Hall–Kier alpha value is -1.81. The van der Waals surface area contributed by atoms with Crippen LogP contribution in [0.25, 0.3) is 0 Å². The predicted molar refractivity (Wildman–Crippen MR) is 105 cm³/mol. The van der Waals surface area contributed by atoms with E-state index in [2.05, 4.69) is 6.92 Å². The van der Waals surface area contributed by atoms with Gasteiger partial charge in [-0.25, -0.2) is 20.4 Å². The number of unbranched alkanes of at least 4 members (excludes halogenated alkanes) is 10. The molecule has 4 N–H and O–H groups in total. The van der Waals surface area contributed by atoms with Gasteiger partial charge in [-0.2, -0.15) is 0 Å². The molecule has 158 valence electrons. The van der Waals surface area contributed by atoms with Crippen molar-refractivity contribution in [3.05, 3.63) is 0 Å². The van der Waals surface area contributed by atoms with Crippen molar-refractivity contribution in [2.45, 2.75) is 109 Å². The van der Waals surface area contributed by atoms with Gasteiger partial charge >= 0.3 is 5.97 Å². The highest BCUT2D eigenvalue weighted by Gasteiger charge is 2.03. The average Bonchev–Trinajstić information content (AvgIpc) is 2.61. The third-order valence-electron chi connectivity index (χ3n) is 4.07. The fourth-order valence-corrected chi connectivity index (χ4v) is 2.67. The lowest BCUT2D eigenvalue weighted by atomic mass is 10.0. The van der Waals surface area contributed by atoms with Crippen molar-refractivity contribution >= 4 is 18.1 Å². The van der Waals surface area contributed by atoms with E-state index < -0.39 is 5.97 Å². The van der Waals surface area contributed by atoms with E-state index in [9.17, 15) is 9.90 Å². The topological polar surface area (TPSA) is 139 Å². The van der Waals surface area contributed by atoms with Gasteiger partial charge in [-0.05, 0) is 19.3 Å². The first kappa shape index (κ1) is 29.9. The van der Waals surface area contributed by atoms with E-state index in [0.29, 0.717) is 6.42 Å². The molecule has 0 aliphatic heterocycles. The van der Waals surface area contributed by atoms with Crippen LogP contribution < -0.4 is 0 Å². The summed E-state index contributed by atoms with van der Waals surface area (Å²) in [6, 6.07) is 0. The minimum absolute atomic E-state index is 0.0853. The predicted octanol–water partition coefficient (Wildman–Crippen LogP) is 5.11. The highest BCUT2D eigenvalue weighted by atomic mass is 16.4. The zero-order valence-electron chi connectivity index (χ0n) is 16.8. The zero-order chi connectivity index (χ0) is 21.2. The Morgan fingerprint density at radius 2 is 1.11 bits per heavy atom. The number of carboxylic acids is 1. The van der Waals surface area contributed by atoms with Crippen molar-refractivity contribution in [1.82, 2.24) is 0 Å². The van der Waals surface area contributed by atoms with Crippen LogP contribution in [-0.2, 0) is 14.4 Å². The van der Waals surface area contributed by atoms with Crippen LogP contribution in [0.3, 0.4) is 0 Å². The number of carbonyl (C=O) groups excluding carboxylic acids is 2. The van der Waals surface area contributed by atoms with E-state index >= 15 is 0 Å². The molecular formula is C20H38N2O5. The molecule has 1 unspecified atom stereocenters. The van der Waals surface area contributed by atoms with Gasteiger partial charge in [0, 0.05) is 6.42 Å². The number of carbonyl (C=O) groups is 1. The highest BCUT2D eigenvalue weighted by molar-refractivity contribution is 5.66. The number of hydrogen-bond donors (Lipinski definition) is 4. The Kier molecular flexibility index (Phi) is 32.1. The van der Waals surface area contributed by atoms with Gasteiger partial charge in [0.05, 0.1) is 6.10 Å². The monoisotopic (exact) mass is 386 g/mol. The van der Waals surface area contributed by atoms with Gasteiger partial charge in [-0.15, -0.1) is 0 Å². The fourth-order valence-electron chi connectivity index (χ4n) is 2.67. The number of rotatable bonds is 16. The van der Waals surface area contributed by atoms with Gasteiger partial charge in [0.15, 0.2) is 0 Å². The smallest absolute Gasteiger partial charge is 0.303 e. The Balaban J connectivity index is -0.000000840. The number of hydrogen-bond acceptors (Lipinski definition) is 6. The van der Waals surface area contributed by atoms with Crippen molar-refractivity contribution in [2.75, 3.05) is 0 Å². The normalized spacial score (nSPS) is 10.3. The van der Waals surface area contributed by atoms with E-state index in [-0.39, 0.29) is 6.10 Å². The van der Waals surface area contributed by atoms with Crippen LogP contribution in [0.5, 0.6) is 0 Å². The summed E-state index contributed by atoms with van der Waals surface area (Å²) in [5.74, 6) is -0.678. The summed E-state index contributed by atoms with van der Waals surface area (Å²) in [5.41, 5.74) is 0. The third-order valence-corrected chi connectivity index (χ3v) is 4.07. The molecule has 0 radical (unpaired) electrons. The first-order valence-electron chi connectivity index (χ1n) is 9.97. The molecule has 0 saturated heterocycles. The molecule has 0 aromatic heterocycles. The van der Waals surface area contributed by atoms with Crippen molar-refractivity contribution < 1.29 is 24.6 Å². The molecule has 7 heteroatoms. The molecule has 0 spiro atoms. The summed E-state index contributed by atoms with van der Waals surface area (Å²) in [6.07, 6.45) is 17.8. The minimum atomic E-state index is -0.678. The Bertz CT molecular complexity index is 365. The lowest BCUT2D eigenvalue weighted by molar-refractivity contribution is -0.137. The molecular weight excluding hydrogens is 348 g/mol. The first-order valence-corrected chi connectivity index (χ1v) is 9.97. The summed E-state index contributed by atoms with van der Waals surface area (Å²) in [6.45, 7) is 2.21. The highest BCUT2D eigenvalue weighted by Crippen LogP contribution is 2.14. The Morgan fingerprint density at radius 1 is 0.778 bits per heavy atom. The van der Waals surface area contributed by atoms with E-state index in [1.165, 1.54) is 51.4 Å². The molecule has 0 rings (SSSR count). The molecule has 1 atom stereocenters. The van der Waals surface area contributed by atoms with E-state index in [1.807, 2.05) is 0 Å².